The maximum atomic E-state index is 4.89. The van der Waals surface area contributed by atoms with Gasteiger partial charge in [0, 0.05) is 32.7 Å². The third-order valence-corrected chi connectivity index (χ3v) is 4.30. The van der Waals surface area contributed by atoms with Crippen molar-refractivity contribution >= 4 is 5.82 Å². The first-order valence-corrected chi connectivity index (χ1v) is 7.64. The Balaban J connectivity index is 1.99. The predicted octanol–water partition coefficient (Wildman–Crippen LogP) is 1.35. The zero-order valence-corrected chi connectivity index (χ0v) is 12.8. The van der Waals surface area contributed by atoms with Crippen LogP contribution >= 0.6 is 0 Å². The lowest BCUT2D eigenvalue weighted by molar-refractivity contribution is 0.304. The Morgan fingerprint density at radius 3 is 2.80 bits per heavy atom. The molecule has 0 radical (unpaired) electrons. The summed E-state index contributed by atoms with van der Waals surface area (Å²) in [5.41, 5.74) is 2.56. The van der Waals surface area contributed by atoms with Gasteiger partial charge in [-0.05, 0) is 32.9 Å². The molecule has 2 aliphatic rings. The van der Waals surface area contributed by atoms with Crippen LogP contribution in [0, 0.1) is 0 Å². The number of nitrogens with zero attached hydrogens (tertiary/aromatic N) is 4. The minimum atomic E-state index is 0.333. The van der Waals surface area contributed by atoms with Gasteiger partial charge in [0.25, 0.3) is 0 Å². The van der Waals surface area contributed by atoms with Crippen molar-refractivity contribution in [1.82, 2.24) is 20.2 Å². The fourth-order valence-electron chi connectivity index (χ4n) is 3.16. The molecule has 20 heavy (non-hydrogen) atoms. The summed E-state index contributed by atoms with van der Waals surface area (Å²) in [4.78, 5) is 14.2. The van der Waals surface area contributed by atoms with Crippen LogP contribution < -0.4 is 10.2 Å². The quantitative estimate of drug-likeness (QED) is 0.882. The Bertz CT molecular complexity index is 479. The van der Waals surface area contributed by atoms with Crippen LogP contribution in [-0.4, -0.2) is 49.1 Å². The van der Waals surface area contributed by atoms with Crippen LogP contribution in [0.1, 0.15) is 42.4 Å². The minimum Gasteiger partial charge on any atom is -0.362 e. The van der Waals surface area contributed by atoms with Crippen LogP contribution in [0.15, 0.2) is 0 Å². The molecule has 1 aromatic rings. The second-order valence-electron chi connectivity index (χ2n) is 6.22. The highest BCUT2D eigenvalue weighted by molar-refractivity contribution is 5.49. The summed E-state index contributed by atoms with van der Waals surface area (Å²) in [6.45, 7) is 3.12. The number of rotatable bonds is 2. The van der Waals surface area contributed by atoms with Gasteiger partial charge < -0.3 is 15.1 Å². The average Bonchev–Trinajstić information content (AvgIpc) is 2.46. The summed E-state index contributed by atoms with van der Waals surface area (Å²) in [6.07, 6.45) is 4.75. The van der Waals surface area contributed by atoms with E-state index in [1.165, 1.54) is 24.1 Å². The first kappa shape index (κ1) is 13.8. The van der Waals surface area contributed by atoms with Crippen LogP contribution in [-0.2, 0) is 13.0 Å². The molecule has 2 aliphatic heterocycles. The third kappa shape index (κ3) is 2.65. The van der Waals surface area contributed by atoms with Gasteiger partial charge in [-0.25, -0.2) is 9.97 Å². The van der Waals surface area contributed by atoms with E-state index in [1.54, 1.807) is 0 Å². The number of piperidine rings is 1. The van der Waals surface area contributed by atoms with Gasteiger partial charge in [0.15, 0.2) is 0 Å². The molecule has 0 bridgehead atoms. The normalized spacial score (nSPS) is 23.4. The molecule has 1 unspecified atom stereocenters. The summed E-state index contributed by atoms with van der Waals surface area (Å²) in [7, 11) is 6.33. The lowest BCUT2D eigenvalue weighted by Gasteiger charge is -2.30. The number of hydrogen-bond acceptors (Lipinski definition) is 5. The van der Waals surface area contributed by atoms with E-state index in [-0.39, 0.29) is 0 Å². The zero-order valence-electron chi connectivity index (χ0n) is 12.8. The lowest BCUT2D eigenvalue weighted by atomic mass is 10.0. The molecule has 5 heteroatoms. The maximum Gasteiger partial charge on any atom is 0.147 e. The van der Waals surface area contributed by atoms with Gasteiger partial charge in [0.05, 0.1) is 11.7 Å². The van der Waals surface area contributed by atoms with E-state index in [1.807, 2.05) is 0 Å². The molecular formula is C15H25N5. The summed E-state index contributed by atoms with van der Waals surface area (Å²) < 4.78 is 0. The second-order valence-corrected chi connectivity index (χ2v) is 6.22. The maximum absolute atomic E-state index is 4.89. The zero-order chi connectivity index (χ0) is 14.1. The molecule has 1 saturated heterocycles. The Kier molecular flexibility index (Phi) is 3.89. The number of likely N-dealkylation sites (N-methyl/N-ethyl adjacent to an activating group) is 1. The van der Waals surface area contributed by atoms with E-state index >= 15 is 0 Å². The van der Waals surface area contributed by atoms with Crippen LogP contribution in [0.3, 0.4) is 0 Å². The van der Waals surface area contributed by atoms with Gasteiger partial charge in [-0.3, -0.25) is 0 Å². The molecule has 0 saturated carbocycles. The Morgan fingerprint density at radius 2 is 2.10 bits per heavy atom. The highest BCUT2D eigenvalue weighted by atomic mass is 15.2. The van der Waals surface area contributed by atoms with Gasteiger partial charge >= 0.3 is 0 Å². The van der Waals surface area contributed by atoms with Crippen LogP contribution in [0.4, 0.5) is 5.82 Å². The molecular weight excluding hydrogens is 250 g/mol. The fourth-order valence-corrected chi connectivity index (χ4v) is 3.16. The monoisotopic (exact) mass is 275 g/mol. The molecule has 1 aromatic heterocycles. The summed E-state index contributed by atoms with van der Waals surface area (Å²) >= 11 is 0. The van der Waals surface area contributed by atoms with Gasteiger partial charge in [0.1, 0.15) is 11.6 Å². The van der Waals surface area contributed by atoms with Crippen molar-refractivity contribution in [2.24, 2.45) is 0 Å². The number of anilines is 1. The van der Waals surface area contributed by atoms with Gasteiger partial charge in [-0.1, -0.05) is 6.42 Å². The van der Waals surface area contributed by atoms with E-state index in [0.29, 0.717) is 6.04 Å². The predicted molar refractivity (Wildman–Crippen MR) is 81.0 cm³/mol. The molecule has 110 valence electrons. The highest BCUT2D eigenvalue weighted by Gasteiger charge is 2.25. The molecule has 3 heterocycles. The van der Waals surface area contributed by atoms with Crippen molar-refractivity contribution in [3.05, 3.63) is 17.1 Å². The van der Waals surface area contributed by atoms with Crippen molar-refractivity contribution in [3.63, 3.8) is 0 Å². The van der Waals surface area contributed by atoms with E-state index in [2.05, 4.69) is 36.3 Å². The largest absolute Gasteiger partial charge is 0.362 e. The van der Waals surface area contributed by atoms with Crippen molar-refractivity contribution in [2.75, 3.05) is 39.1 Å². The first-order valence-electron chi connectivity index (χ1n) is 7.64. The molecule has 5 nitrogen and oxygen atoms in total. The van der Waals surface area contributed by atoms with Crippen molar-refractivity contribution < 1.29 is 0 Å². The smallest absolute Gasteiger partial charge is 0.147 e. The SMILES string of the molecule is CN1CCc2c(nc(C3CCCCN3)nc2N(C)C)C1. The van der Waals surface area contributed by atoms with Crippen molar-refractivity contribution in [2.45, 2.75) is 38.3 Å². The number of hydrogen-bond donors (Lipinski definition) is 1. The van der Waals surface area contributed by atoms with Crippen LogP contribution in [0.25, 0.3) is 0 Å². The molecule has 0 amide bonds. The van der Waals surface area contributed by atoms with Gasteiger partial charge in [-0.2, -0.15) is 0 Å². The molecule has 0 aromatic carbocycles. The third-order valence-electron chi connectivity index (χ3n) is 4.30. The molecule has 3 rings (SSSR count). The van der Waals surface area contributed by atoms with Crippen LogP contribution in [0.5, 0.6) is 0 Å². The second kappa shape index (κ2) is 5.66. The first-order chi connectivity index (χ1) is 9.65. The Hall–Kier alpha value is -1.20. The van der Waals surface area contributed by atoms with Crippen molar-refractivity contribution in [1.29, 1.82) is 0 Å². The lowest BCUT2D eigenvalue weighted by Crippen LogP contribution is -2.33. The number of nitrogens with one attached hydrogen (secondary N) is 1. The van der Waals surface area contributed by atoms with Gasteiger partial charge in [-0.15, -0.1) is 0 Å². The Morgan fingerprint density at radius 1 is 1.25 bits per heavy atom. The summed E-state index contributed by atoms with van der Waals surface area (Å²) in [5.74, 6) is 2.10. The molecule has 1 N–H and O–H groups in total. The summed E-state index contributed by atoms with van der Waals surface area (Å²) in [5, 5.41) is 3.56. The average molecular weight is 275 g/mol. The fraction of sp³-hybridized carbons (Fsp3) is 0.733. The standard InChI is InChI=1S/C15H25N5/c1-19(2)15-11-7-9-20(3)10-13(11)17-14(18-15)12-6-4-5-8-16-12/h12,16H,4-10H2,1-3H3. The van der Waals surface area contributed by atoms with E-state index in [4.69, 9.17) is 9.97 Å². The van der Waals surface area contributed by atoms with Crippen LogP contribution in [0.2, 0.25) is 0 Å². The molecule has 1 fully saturated rings. The van der Waals surface area contributed by atoms with Crippen molar-refractivity contribution in [3.8, 4) is 0 Å². The molecule has 0 spiro atoms. The number of aromatic nitrogens is 2. The van der Waals surface area contributed by atoms with E-state index < -0.39 is 0 Å². The minimum absolute atomic E-state index is 0.333. The van der Waals surface area contributed by atoms with Gasteiger partial charge in [0.2, 0.25) is 0 Å². The highest BCUT2D eigenvalue weighted by Crippen LogP contribution is 2.28. The molecule has 0 aliphatic carbocycles. The van der Waals surface area contributed by atoms with E-state index in [9.17, 15) is 0 Å². The van der Waals surface area contributed by atoms with E-state index in [0.717, 1.165) is 44.1 Å². The Labute approximate surface area is 121 Å². The summed E-state index contributed by atoms with van der Waals surface area (Å²) in [6, 6.07) is 0.333. The number of fused-ring (bicyclic) bond motifs is 1. The molecule has 1 atom stereocenters. The topological polar surface area (TPSA) is 44.3 Å².